The Bertz CT molecular complexity index is 372. The molecule has 120 valence electrons. The molecule has 2 amide bonds. The van der Waals surface area contributed by atoms with Crippen molar-refractivity contribution in [2.24, 2.45) is 0 Å². The molecule has 1 saturated heterocycles. The minimum absolute atomic E-state index is 0.0176. The Morgan fingerprint density at radius 2 is 2.10 bits per heavy atom. The monoisotopic (exact) mass is 300 g/mol. The van der Waals surface area contributed by atoms with Crippen molar-refractivity contribution >= 4 is 18.0 Å². The average Bonchev–Trinajstić information content (AvgIpc) is 2.43. The Kier molecular flexibility index (Phi) is 7.56. The van der Waals surface area contributed by atoms with Crippen LogP contribution in [0.2, 0.25) is 0 Å². The maximum Gasteiger partial charge on any atom is 0.317 e. The molecule has 7 nitrogen and oxygen atoms in total. The van der Waals surface area contributed by atoms with E-state index in [-0.39, 0.29) is 30.9 Å². The zero-order valence-electron chi connectivity index (χ0n) is 12.5. The highest BCUT2D eigenvalue weighted by Crippen LogP contribution is 2.19. The summed E-state index contributed by atoms with van der Waals surface area (Å²) in [4.78, 5) is 35.6. The number of likely N-dealkylation sites (tertiary alicyclic amines) is 1. The van der Waals surface area contributed by atoms with Crippen LogP contribution in [0.5, 0.6) is 0 Å². The molecule has 0 aromatic rings. The van der Waals surface area contributed by atoms with Crippen molar-refractivity contribution in [3.8, 4) is 0 Å². The second kappa shape index (κ2) is 9.20. The maximum absolute atomic E-state index is 12.1. The Balaban J connectivity index is 2.31. The van der Waals surface area contributed by atoms with E-state index in [0.29, 0.717) is 26.1 Å². The summed E-state index contributed by atoms with van der Waals surface area (Å²) in [7, 11) is 0. The number of piperidine rings is 1. The normalized spacial score (nSPS) is 18.1. The number of carbonyl (C=O) groups excluding carboxylic acids is 2. The number of amides is 2. The van der Waals surface area contributed by atoms with Crippen LogP contribution in [0.4, 0.5) is 4.79 Å². The highest BCUT2D eigenvalue weighted by molar-refractivity contribution is 5.76. The molecule has 1 aliphatic rings. The smallest absolute Gasteiger partial charge is 0.317 e. The van der Waals surface area contributed by atoms with Crippen LogP contribution in [0.15, 0.2) is 0 Å². The third-order valence-corrected chi connectivity index (χ3v) is 3.44. The lowest BCUT2D eigenvalue weighted by molar-refractivity contribution is -0.143. The van der Waals surface area contributed by atoms with Gasteiger partial charge in [0.2, 0.25) is 0 Å². The number of carbonyl (C=O) groups is 3. The van der Waals surface area contributed by atoms with Crippen LogP contribution in [0.3, 0.4) is 0 Å². The number of ether oxygens (including phenoxy) is 1. The number of carboxylic acid groups (broad SMARTS) is 1. The van der Waals surface area contributed by atoms with Crippen molar-refractivity contribution in [3.05, 3.63) is 0 Å². The third-order valence-electron chi connectivity index (χ3n) is 3.44. The molecule has 1 rings (SSSR count). The summed E-state index contributed by atoms with van der Waals surface area (Å²) in [6.07, 6.45) is 3.34. The van der Waals surface area contributed by atoms with E-state index in [1.54, 1.807) is 11.8 Å². The van der Waals surface area contributed by atoms with Gasteiger partial charge in [-0.3, -0.25) is 9.59 Å². The minimum atomic E-state index is -0.887. The summed E-state index contributed by atoms with van der Waals surface area (Å²) in [6.45, 7) is 3.07. The maximum atomic E-state index is 12.1. The van der Waals surface area contributed by atoms with E-state index in [1.165, 1.54) is 0 Å². The summed E-state index contributed by atoms with van der Waals surface area (Å²) in [5.74, 6) is -1.16. The number of carboxylic acids is 1. The van der Waals surface area contributed by atoms with E-state index in [9.17, 15) is 14.4 Å². The molecule has 1 heterocycles. The average molecular weight is 300 g/mol. The first-order chi connectivity index (χ1) is 10.0. The summed E-state index contributed by atoms with van der Waals surface area (Å²) >= 11 is 0. The largest absolute Gasteiger partial charge is 0.481 e. The number of rotatable bonds is 7. The van der Waals surface area contributed by atoms with Gasteiger partial charge < -0.3 is 20.1 Å². The molecule has 0 radical (unpaired) electrons. The van der Waals surface area contributed by atoms with Gasteiger partial charge in [-0.2, -0.15) is 0 Å². The minimum Gasteiger partial charge on any atom is -0.481 e. The molecule has 0 aromatic carbocycles. The quantitative estimate of drug-likeness (QED) is 0.547. The predicted octanol–water partition coefficient (Wildman–Crippen LogP) is 1.37. The van der Waals surface area contributed by atoms with Gasteiger partial charge in [0.15, 0.2) is 0 Å². The van der Waals surface area contributed by atoms with Crippen molar-refractivity contribution in [1.29, 1.82) is 0 Å². The lowest BCUT2D eigenvalue weighted by Gasteiger charge is -2.34. The van der Waals surface area contributed by atoms with E-state index in [1.807, 2.05) is 0 Å². The van der Waals surface area contributed by atoms with Gasteiger partial charge in [0.1, 0.15) is 0 Å². The molecule has 1 atom stereocenters. The number of esters is 1. The molecule has 1 aliphatic heterocycles. The van der Waals surface area contributed by atoms with Gasteiger partial charge in [-0.15, -0.1) is 0 Å². The van der Waals surface area contributed by atoms with Gasteiger partial charge in [0, 0.05) is 25.6 Å². The topological polar surface area (TPSA) is 95.9 Å². The Labute approximate surface area is 124 Å². The molecule has 0 bridgehead atoms. The van der Waals surface area contributed by atoms with Crippen molar-refractivity contribution in [1.82, 2.24) is 10.2 Å². The fourth-order valence-electron chi connectivity index (χ4n) is 2.44. The van der Waals surface area contributed by atoms with Gasteiger partial charge in [-0.1, -0.05) is 0 Å². The molecule has 0 saturated carbocycles. The van der Waals surface area contributed by atoms with E-state index in [4.69, 9.17) is 9.84 Å². The molecule has 0 spiro atoms. The molecule has 21 heavy (non-hydrogen) atoms. The van der Waals surface area contributed by atoms with Crippen molar-refractivity contribution in [2.45, 2.75) is 51.5 Å². The number of urea groups is 1. The predicted molar refractivity (Wildman–Crippen MR) is 75.9 cm³/mol. The van der Waals surface area contributed by atoms with Crippen LogP contribution < -0.4 is 5.32 Å². The van der Waals surface area contributed by atoms with E-state index >= 15 is 0 Å². The highest BCUT2D eigenvalue weighted by Gasteiger charge is 2.28. The molecular formula is C14H24N2O5. The van der Waals surface area contributed by atoms with Crippen molar-refractivity contribution in [3.63, 3.8) is 0 Å². The highest BCUT2D eigenvalue weighted by atomic mass is 16.5. The summed E-state index contributed by atoms with van der Waals surface area (Å²) in [5.41, 5.74) is 0. The number of hydrogen-bond acceptors (Lipinski definition) is 4. The first kappa shape index (κ1) is 17.3. The van der Waals surface area contributed by atoms with Crippen LogP contribution in [0.1, 0.15) is 45.4 Å². The summed E-state index contributed by atoms with van der Waals surface area (Å²) in [5, 5.41) is 11.6. The van der Waals surface area contributed by atoms with Crippen LogP contribution in [-0.4, -0.2) is 53.7 Å². The fraction of sp³-hybridized carbons (Fsp3) is 0.786. The van der Waals surface area contributed by atoms with Crippen LogP contribution >= 0.6 is 0 Å². The molecule has 1 unspecified atom stereocenters. The molecule has 7 heteroatoms. The zero-order valence-corrected chi connectivity index (χ0v) is 12.5. The van der Waals surface area contributed by atoms with Gasteiger partial charge in [0.05, 0.1) is 13.0 Å². The van der Waals surface area contributed by atoms with Crippen molar-refractivity contribution in [2.75, 3.05) is 19.7 Å². The first-order valence-electron chi connectivity index (χ1n) is 7.46. The lowest BCUT2D eigenvalue weighted by Crippen LogP contribution is -2.49. The van der Waals surface area contributed by atoms with Gasteiger partial charge in [-0.25, -0.2) is 4.79 Å². The van der Waals surface area contributed by atoms with E-state index < -0.39 is 5.97 Å². The number of aliphatic carboxylic acids is 1. The molecule has 1 fully saturated rings. The van der Waals surface area contributed by atoms with E-state index in [0.717, 1.165) is 19.3 Å². The second-order valence-corrected chi connectivity index (χ2v) is 5.08. The van der Waals surface area contributed by atoms with Gasteiger partial charge >= 0.3 is 18.0 Å². The van der Waals surface area contributed by atoms with Crippen LogP contribution in [0.25, 0.3) is 0 Å². The van der Waals surface area contributed by atoms with Crippen molar-refractivity contribution < 1.29 is 24.2 Å². The second-order valence-electron chi connectivity index (χ2n) is 5.08. The zero-order chi connectivity index (χ0) is 15.7. The SMILES string of the molecule is CCOC(=O)CCCNC(=O)N1CCCCC1CC(=O)O. The molecule has 0 aliphatic carbocycles. The Morgan fingerprint density at radius 1 is 1.33 bits per heavy atom. The number of nitrogens with zero attached hydrogens (tertiary/aromatic N) is 1. The summed E-state index contributed by atoms with van der Waals surface area (Å²) in [6, 6.07) is -0.480. The first-order valence-corrected chi connectivity index (χ1v) is 7.46. The standard InChI is InChI=1S/C14H24N2O5/c1-2-21-13(19)7-5-8-15-14(20)16-9-4-3-6-11(16)10-12(17)18/h11H,2-10H2,1H3,(H,15,20)(H,17,18). The molecule has 2 N–H and O–H groups in total. The number of nitrogens with one attached hydrogen (secondary N) is 1. The van der Waals surface area contributed by atoms with Crippen LogP contribution in [-0.2, 0) is 14.3 Å². The van der Waals surface area contributed by atoms with Gasteiger partial charge in [0.25, 0.3) is 0 Å². The molecular weight excluding hydrogens is 276 g/mol. The fourth-order valence-corrected chi connectivity index (χ4v) is 2.44. The lowest BCUT2D eigenvalue weighted by atomic mass is 10.00. The Hall–Kier alpha value is -1.79. The van der Waals surface area contributed by atoms with Crippen LogP contribution in [0, 0.1) is 0 Å². The number of hydrogen-bond donors (Lipinski definition) is 2. The third kappa shape index (κ3) is 6.46. The van der Waals surface area contributed by atoms with Gasteiger partial charge in [-0.05, 0) is 32.6 Å². The van der Waals surface area contributed by atoms with E-state index in [2.05, 4.69) is 5.32 Å². The molecule has 0 aromatic heterocycles. The summed E-state index contributed by atoms with van der Waals surface area (Å²) < 4.78 is 4.80. The Morgan fingerprint density at radius 3 is 2.76 bits per heavy atom.